The number of carbonyl (C=O) groups excluding carboxylic acids is 1. The zero-order chi connectivity index (χ0) is 18.2. The summed E-state index contributed by atoms with van der Waals surface area (Å²) in [5.41, 5.74) is 1.46. The van der Waals surface area contributed by atoms with E-state index in [-0.39, 0.29) is 5.91 Å². The van der Waals surface area contributed by atoms with Crippen LogP contribution in [0.5, 0.6) is 11.5 Å². The van der Waals surface area contributed by atoms with Crippen LogP contribution in [0, 0.1) is 0 Å². The Morgan fingerprint density at radius 1 is 1.16 bits per heavy atom. The van der Waals surface area contributed by atoms with Crippen molar-refractivity contribution < 1.29 is 14.3 Å². The minimum Gasteiger partial charge on any atom is -0.493 e. The third-order valence-electron chi connectivity index (χ3n) is 3.88. The van der Waals surface area contributed by atoms with E-state index in [4.69, 9.17) is 21.1 Å². The summed E-state index contributed by atoms with van der Waals surface area (Å²) in [5, 5.41) is 0.652. The highest BCUT2D eigenvalue weighted by Crippen LogP contribution is 2.29. The van der Waals surface area contributed by atoms with E-state index in [2.05, 4.69) is 6.92 Å². The normalized spacial score (nSPS) is 10.4. The van der Waals surface area contributed by atoms with Gasteiger partial charge in [-0.15, -0.1) is 0 Å². The Morgan fingerprint density at radius 3 is 2.60 bits per heavy atom. The van der Waals surface area contributed by atoms with E-state index in [1.165, 1.54) is 0 Å². The minimum absolute atomic E-state index is 0.0988. The summed E-state index contributed by atoms with van der Waals surface area (Å²) in [4.78, 5) is 14.3. The first-order valence-corrected chi connectivity index (χ1v) is 8.74. The van der Waals surface area contributed by atoms with Gasteiger partial charge in [-0.2, -0.15) is 0 Å². The minimum atomic E-state index is -0.0988. The molecular formula is C20H24ClNO3. The van der Waals surface area contributed by atoms with E-state index < -0.39 is 0 Å². The molecule has 25 heavy (non-hydrogen) atoms. The van der Waals surface area contributed by atoms with Crippen molar-refractivity contribution in [1.82, 2.24) is 4.90 Å². The van der Waals surface area contributed by atoms with E-state index in [0.717, 1.165) is 18.4 Å². The van der Waals surface area contributed by atoms with Gasteiger partial charge in [0.2, 0.25) is 0 Å². The number of nitrogens with zero attached hydrogens (tertiary/aromatic N) is 1. The van der Waals surface area contributed by atoms with Gasteiger partial charge < -0.3 is 14.4 Å². The molecule has 0 radical (unpaired) electrons. The maximum atomic E-state index is 12.7. The topological polar surface area (TPSA) is 38.8 Å². The monoisotopic (exact) mass is 361 g/mol. The molecule has 0 bridgehead atoms. The van der Waals surface area contributed by atoms with Gasteiger partial charge in [-0.3, -0.25) is 4.79 Å². The van der Waals surface area contributed by atoms with Crippen LogP contribution in [0.2, 0.25) is 5.02 Å². The van der Waals surface area contributed by atoms with E-state index in [1.54, 1.807) is 37.3 Å². The summed E-state index contributed by atoms with van der Waals surface area (Å²) in [5.74, 6) is 1.12. The largest absolute Gasteiger partial charge is 0.493 e. The number of halogens is 1. The van der Waals surface area contributed by atoms with Gasteiger partial charge >= 0.3 is 0 Å². The zero-order valence-electron chi connectivity index (χ0n) is 14.9. The van der Waals surface area contributed by atoms with E-state index in [9.17, 15) is 4.79 Å². The fourth-order valence-corrected chi connectivity index (χ4v) is 2.62. The zero-order valence-corrected chi connectivity index (χ0v) is 15.7. The maximum absolute atomic E-state index is 12.7. The highest BCUT2D eigenvalue weighted by molar-refractivity contribution is 6.31. The fraction of sp³-hybridized carbons (Fsp3) is 0.350. The molecule has 0 aromatic heterocycles. The van der Waals surface area contributed by atoms with Gasteiger partial charge in [0.25, 0.3) is 5.91 Å². The van der Waals surface area contributed by atoms with E-state index in [0.29, 0.717) is 35.2 Å². The van der Waals surface area contributed by atoms with Gasteiger partial charge in [-0.05, 0) is 36.2 Å². The fourth-order valence-electron chi connectivity index (χ4n) is 2.42. The van der Waals surface area contributed by atoms with Gasteiger partial charge in [0.1, 0.15) is 0 Å². The summed E-state index contributed by atoms with van der Waals surface area (Å²) in [7, 11) is 3.33. The molecule has 0 saturated carbocycles. The van der Waals surface area contributed by atoms with Gasteiger partial charge in [0, 0.05) is 24.2 Å². The van der Waals surface area contributed by atoms with Crippen molar-refractivity contribution in [2.45, 2.75) is 26.3 Å². The molecule has 1 amide bonds. The number of amides is 1. The van der Waals surface area contributed by atoms with Crippen LogP contribution in [0.15, 0.2) is 42.5 Å². The van der Waals surface area contributed by atoms with Crippen LogP contribution in [0.1, 0.15) is 35.7 Å². The second-order valence-electron chi connectivity index (χ2n) is 5.82. The number of carbonyl (C=O) groups is 1. The van der Waals surface area contributed by atoms with Gasteiger partial charge in [0.15, 0.2) is 11.5 Å². The molecule has 0 saturated heterocycles. The first-order valence-electron chi connectivity index (χ1n) is 8.36. The number of hydrogen-bond donors (Lipinski definition) is 0. The van der Waals surface area contributed by atoms with Crippen LogP contribution >= 0.6 is 11.6 Å². The third-order valence-corrected chi connectivity index (χ3v) is 4.25. The number of hydrogen-bond acceptors (Lipinski definition) is 3. The molecule has 4 nitrogen and oxygen atoms in total. The molecule has 2 rings (SSSR count). The van der Waals surface area contributed by atoms with Crippen LogP contribution in [-0.2, 0) is 6.54 Å². The van der Waals surface area contributed by atoms with Crippen LogP contribution in [-0.4, -0.2) is 31.6 Å². The quantitative estimate of drug-likeness (QED) is 0.634. The Hall–Kier alpha value is -2.20. The molecule has 0 spiro atoms. The van der Waals surface area contributed by atoms with Crippen molar-refractivity contribution in [2.75, 3.05) is 20.8 Å². The Morgan fingerprint density at radius 2 is 1.92 bits per heavy atom. The number of rotatable bonds is 8. The van der Waals surface area contributed by atoms with Crippen molar-refractivity contribution in [3.8, 4) is 11.5 Å². The van der Waals surface area contributed by atoms with Gasteiger partial charge in [-0.1, -0.05) is 43.1 Å². The molecule has 2 aromatic carbocycles. The standard InChI is InChI=1S/C20H24ClNO3/c1-4-5-12-25-18-11-10-15(13-19(18)24-3)20(23)22(2)14-16-8-6-7-9-17(16)21/h6-11,13H,4-5,12,14H2,1-3H3. The van der Waals surface area contributed by atoms with Crippen molar-refractivity contribution in [3.05, 3.63) is 58.6 Å². The molecule has 0 aliphatic rings. The lowest BCUT2D eigenvalue weighted by atomic mass is 10.1. The van der Waals surface area contributed by atoms with Crippen molar-refractivity contribution in [2.24, 2.45) is 0 Å². The van der Waals surface area contributed by atoms with Crippen LogP contribution in [0.3, 0.4) is 0 Å². The summed E-state index contributed by atoms with van der Waals surface area (Å²) in [6.45, 7) is 3.18. The lowest BCUT2D eigenvalue weighted by Crippen LogP contribution is -2.26. The predicted molar refractivity (Wildman–Crippen MR) is 101 cm³/mol. The van der Waals surface area contributed by atoms with Crippen LogP contribution in [0.4, 0.5) is 0 Å². The average molecular weight is 362 g/mol. The molecule has 2 aromatic rings. The Kier molecular flexibility index (Phi) is 7.14. The summed E-state index contributed by atoms with van der Waals surface area (Å²) in [6, 6.07) is 12.8. The molecule has 0 aliphatic heterocycles. The average Bonchev–Trinajstić information content (AvgIpc) is 2.63. The van der Waals surface area contributed by atoms with E-state index in [1.807, 2.05) is 24.3 Å². The highest BCUT2D eigenvalue weighted by Gasteiger charge is 2.16. The Bertz CT molecular complexity index is 718. The van der Waals surface area contributed by atoms with Crippen molar-refractivity contribution >= 4 is 17.5 Å². The summed E-state index contributed by atoms with van der Waals surface area (Å²) in [6.07, 6.45) is 2.04. The summed E-state index contributed by atoms with van der Waals surface area (Å²) < 4.78 is 11.1. The second-order valence-corrected chi connectivity index (χ2v) is 6.23. The summed E-state index contributed by atoms with van der Waals surface area (Å²) >= 11 is 6.17. The van der Waals surface area contributed by atoms with Crippen molar-refractivity contribution in [1.29, 1.82) is 0 Å². The molecule has 0 fully saturated rings. The predicted octanol–water partition coefficient (Wildman–Crippen LogP) is 4.80. The number of methoxy groups -OCH3 is 1. The Labute approximate surface area is 154 Å². The number of benzene rings is 2. The van der Waals surface area contributed by atoms with Crippen LogP contribution in [0.25, 0.3) is 0 Å². The van der Waals surface area contributed by atoms with Gasteiger partial charge in [0.05, 0.1) is 13.7 Å². The van der Waals surface area contributed by atoms with Crippen LogP contribution < -0.4 is 9.47 Å². The third kappa shape index (κ3) is 5.13. The van der Waals surface area contributed by atoms with Gasteiger partial charge in [-0.25, -0.2) is 0 Å². The lowest BCUT2D eigenvalue weighted by Gasteiger charge is -2.19. The Balaban J connectivity index is 2.11. The molecule has 0 atom stereocenters. The maximum Gasteiger partial charge on any atom is 0.254 e. The first kappa shape index (κ1) is 19.1. The smallest absolute Gasteiger partial charge is 0.254 e. The number of unbranched alkanes of at least 4 members (excludes halogenated alkanes) is 1. The molecule has 134 valence electrons. The molecule has 0 N–H and O–H groups in total. The molecule has 0 heterocycles. The molecule has 0 unspecified atom stereocenters. The number of ether oxygens (including phenoxy) is 2. The highest BCUT2D eigenvalue weighted by atomic mass is 35.5. The SMILES string of the molecule is CCCCOc1ccc(C(=O)N(C)Cc2ccccc2Cl)cc1OC. The van der Waals surface area contributed by atoms with Crippen molar-refractivity contribution in [3.63, 3.8) is 0 Å². The molecule has 5 heteroatoms. The first-order chi connectivity index (χ1) is 12.1. The lowest BCUT2D eigenvalue weighted by molar-refractivity contribution is 0.0784. The molecular weight excluding hydrogens is 338 g/mol. The molecule has 0 aliphatic carbocycles. The second kappa shape index (κ2) is 9.33. The van der Waals surface area contributed by atoms with E-state index >= 15 is 0 Å².